The topological polar surface area (TPSA) is 46.5 Å². The van der Waals surface area contributed by atoms with E-state index in [-0.39, 0.29) is 0 Å². The summed E-state index contributed by atoms with van der Waals surface area (Å²) in [6.45, 7) is 8.35. The van der Waals surface area contributed by atoms with Gasteiger partial charge in [0.1, 0.15) is 5.60 Å². The number of hydrogen-bond donors (Lipinski definition) is 1. The molecule has 0 bridgehead atoms. The van der Waals surface area contributed by atoms with Crippen molar-refractivity contribution in [3.05, 3.63) is 25.3 Å². The van der Waals surface area contributed by atoms with Crippen LogP contribution in [0.15, 0.2) is 25.3 Å². The summed E-state index contributed by atoms with van der Waals surface area (Å²) >= 11 is 0. The fraction of sp³-hybridized carbons (Fsp3) is 0.286. The van der Waals surface area contributed by atoms with Crippen LogP contribution in [-0.2, 0) is 4.74 Å². The number of carbonyl (C=O) groups is 1. The van der Waals surface area contributed by atoms with Crippen LogP contribution in [0.3, 0.4) is 0 Å². The Labute approximate surface area is 59.6 Å². The van der Waals surface area contributed by atoms with Gasteiger partial charge in [-0.15, -0.1) is 0 Å². The molecule has 56 valence electrons. The number of hydrogen-bond acceptors (Lipinski definition) is 2. The first-order valence-electron chi connectivity index (χ1n) is 2.73. The molecule has 0 saturated heterocycles. The maximum atomic E-state index is 10.0. The maximum absolute atomic E-state index is 10.0. The minimum atomic E-state index is -1.33. The molecule has 0 spiro atoms. The monoisotopic (exact) mass is 142 g/mol. The van der Waals surface area contributed by atoms with Gasteiger partial charge in [0.25, 0.3) is 0 Å². The zero-order chi connectivity index (χ0) is 8.20. The van der Waals surface area contributed by atoms with Gasteiger partial charge in [-0.3, -0.25) is 0 Å². The van der Waals surface area contributed by atoms with Crippen LogP contribution in [0.5, 0.6) is 0 Å². The lowest BCUT2D eigenvalue weighted by molar-refractivity contribution is 0.0448. The Hall–Kier alpha value is -1.25. The van der Waals surface area contributed by atoms with E-state index in [0.717, 1.165) is 0 Å². The smallest absolute Gasteiger partial charge is 0.450 e. The second-order valence-corrected chi connectivity index (χ2v) is 1.96. The van der Waals surface area contributed by atoms with E-state index in [1.54, 1.807) is 6.92 Å². The van der Waals surface area contributed by atoms with Crippen molar-refractivity contribution >= 4 is 6.16 Å². The Morgan fingerprint density at radius 1 is 1.60 bits per heavy atom. The Bertz CT molecular complexity index is 152. The van der Waals surface area contributed by atoms with Gasteiger partial charge in [0.2, 0.25) is 0 Å². The molecular formula is C7H10O3. The molecule has 3 nitrogen and oxygen atoms in total. The molecule has 0 saturated carbocycles. The maximum Gasteiger partial charge on any atom is 0.506 e. The van der Waals surface area contributed by atoms with Crippen LogP contribution in [0, 0.1) is 0 Å². The first kappa shape index (κ1) is 8.75. The molecule has 3 heteroatoms. The highest BCUT2D eigenvalue weighted by Gasteiger charge is 2.19. The van der Waals surface area contributed by atoms with E-state index < -0.39 is 11.8 Å². The highest BCUT2D eigenvalue weighted by Crippen LogP contribution is 2.12. The molecule has 0 amide bonds. The summed E-state index contributed by atoms with van der Waals surface area (Å²) in [7, 11) is 0. The molecule has 10 heavy (non-hydrogen) atoms. The number of carboxylic acid groups (broad SMARTS) is 1. The van der Waals surface area contributed by atoms with Gasteiger partial charge < -0.3 is 9.84 Å². The summed E-state index contributed by atoms with van der Waals surface area (Å²) in [4.78, 5) is 10.0. The lowest BCUT2D eigenvalue weighted by Crippen LogP contribution is -2.25. The zero-order valence-electron chi connectivity index (χ0n) is 5.83. The largest absolute Gasteiger partial charge is 0.506 e. The fourth-order valence-corrected chi connectivity index (χ4v) is 0.355. The third-order valence-corrected chi connectivity index (χ3v) is 1.12. The normalized spacial score (nSPS) is 10.1. The molecule has 0 aromatic rings. The van der Waals surface area contributed by atoms with E-state index in [2.05, 4.69) is 17.9 Å². The Kier molecular flexibility index (Phi) is 2.67. The van der Waals surface area contributed by atoms with E-state index in [1.807, 2.05) is 0 Å². The predicted octanol–water partition coefficient (Wildman–Crippen LogP) is 1.81. The van der Waals surface area contributed by atoms with Crippen molar-refractivity contribution in [1.82, 2.24) is 0 Å². The van der Waals surface area contributed by atoms with E-state index in [1.165, 1.54) is 12.2 Å². The Morgan fingerprint density at radius 3 is 2.10 bits per heavy atom. The van der Waals surface area contributed by atoms with Crippen molar-refractivity contribution in [2.75, 3.05) is 0 Å². The highest BCUT2D eigenvalue weighted by molar-refractivity contribution is 5.58. The van der Waals surface area contributed by atoms with Crippen LogP contribution >= 0.6 is 0 Å². The van der Waals surface area contributed by atoms with Crippen molar-refractivity contribution in [1.29, 1.82) is 0 Å². The number of ether oxygens (including phenoxy) is 1. The molecule has 1 N–H and O–H groups in total. The van der Waals surface area contributed by atoms with E-state index in [0.29, 0.717) is 0 Å². The summed E-state index contributed by atoms with van der Waals surface area (Å²) in [5.41, 5.74) is -0.966. The summed E-state index contributed by atoms with van der Waals surface area (Å²) in [5, 5.41) is 8.19. The molecule has 0 aliphatic heterocycles. The quantitative estimate of drug-likeness (QED) is 0.483. The molecule has 0 heterocycles. The molecule has 0 atom stereocenters. The highest BCUT2D eigenvalue weighted by atomic mass is 16.7. The van der Waals surface area contributed by atoms with Crippen LogP contribution in [0.4, 0.5) is 4.79 Å². The van der Waals surface area contributed by atoms with Gasteiger partial charge in [0.15, 0.2) is 0 Å². The first-order valence-corrected chi connectivity index (χ1v) is 2.73. The Morgan fingerprint density at radius 2 is 2.00 bits per heavy atom. The average Bonchev–Trinajstić information content (AvgIpc) is 1.87. The van der Waals surface area contributed by atoms with Gasteiger partial charge in [0.05, 0.1) is 0 Å². The second kappa shape index (κ2) is 3.06. The Balaban J connectivity index is 4.19. The first-order chi connectivity index (χ1) is 4.54. The van der Waals surface area contributed by atoms with Crippen molar-refractivity contribution < 1.29 is 14.6 Å². The second-order valence-electron chi connectivity index (χ2n) is 1.96. The van der Waals surface area contributed by atoms with Gasteiger partial charge in [-0.25, -0.2) is 4.79 Å². The SMILES string of the molecule is C=CC(C)(C=C)OC(=O)O. The third kappa shape index (κ3) is 2.35. The molecule has 0 aliphatic carbocycles. The summed E-state index contributed by atoms with van der Waals surface area (Å²) in [5.74, 6) is 0. The van der Waals surface area contributed by atoms with Crippen LogP contribution in [0.1, 0.15) is 6.92 Å². The van der Waals surface area contributed by atoms with Gasteiger partial charge in [-0.05, 0) is 19.1 Å². The molecule has 0 rings (SSSR count). The van der Waals surface area contributed by atoms with Crippen LogP contribution < -0.4 is 0 Å². The van der Waals surface area contributed by atoms with Gasteiger partial charge in [-0.1, -0.05) is 13.2 Å². The fourth-order valence-electron chi connectivity index (χ4n) is 0.355. The summed E-state index contributed by atoms with van der Waals surface area (Å²) < 4.78 is 4.42. The molecule has 0 aromatic carbocycles. The minimum Gasteiger partial charge on any atom is -0.450 e. The summed E-state index contributed by atoms with van der Waals surface area (Å²) in [6.07, 6.45) is 1.41. The van der Waals surface area contributed by atoms with E-state index >= 15 is 0 Å². The van der Waals surface area contributed by atoms with Crippen molar-refractivity contribution in [3.63, 3.8) is 0 Å². The standard InChI is InChI=1S/C7H10O3/c1-4-7(3,5-2)10-6(8)9/h4-5H,1-2H2,3H3,(H,8,9). The zero-order valence-corrected chi connectivity index (χ0v) is 5.83. The van der Waals surface area contributed by atoms with Crippen LogP contribution in [-0.4, -0.2) is 16.9 Å². The molecule has 0 aromatic heterocycles. The summed E-state index contributed by atoms with van der Waals surface area (Å²) in [6, 6.07) is 0. The molecule has 0 fully saturated rings. The predicted molar refractivity (Wildman–Crippen MR) is 37.9 cm³/mol. The minimum absolute atomic E-state index is 0.966. The molecule has 0 unspecified atom stereocenters. The van der Waals surface area contributed by atoms with Gasteiger partial charge in [-0.2, -0.15) is 0 Å². The molecule has 0 radical (unpaired) electrons. The van der Waals surface area contributed by atoms with Crippen LogP contribution in [0.2, 0.25) is 0 Å². The lowest BCUT2D eigenvalue weighted by Gasteiger charge is -2.18. The third-order valence-electron chi connectivity index (χ3n) is 1.12. The van der Waals surface area contributed by atoms with Crippen molar-refractivity contribution in [2.24, 2.45) is 0 Å². The van der Waals surface area contributed by atoms with Gasteiger partial charge in [0, 0.05) is 0 Å². The molecular weight excluding hydrogens is 132 g/mol. The van der Waals surface area contributed by atoms with E-state index in [9.17, 15) is 4.79 Å². The van der Waals surface area contributed by atoms with Crippen LogP contribution in [0.25, 0.3) is 0 Å². The average molecular weight is 142 g/mol. The van der Waals surface area contributed by atoms with Crippen molar-refractivity contribution in [3.8, 4) is 0 Å². The number of rotatable bonds is 3. The van der Waals surface area contributed by atoms with Crippen molar-refractivity contribution in [2.45, 2.75) is 12.5 Å². The lowest BCUT2D eigenvalue weighted by atomic mass is 10.1. The molecule has 0 aliphatic rings. The van der Waals surface area contributed by atoms with Gasteiger partial charge >= 0.3 is 6.16 Å². The van der Waals surface area contributed by atoms with E-state index in [4.69, 9.17) is 5.11 Å².